The van der Waals surface area contributed by atoms with Crippen molar-refractivity contribution in [2.45, 2.75) is 12.6 Å². The molecule has 0 bridgehead atoms. The molecular weight excluding hydrogens is 367 g/mol. The van der Waals surface area contributed by atoms with Crippen molar-refractivity contribution in [3.63, 3.8) is 0 Å². The zero-order chi connectivity index (χ0) is 18.7. The molecule has 0 saturated carbocycles. The summed E-state index contributed by atoms with van der Waals surface area (Å²) < 4.78 is 37.7. The van der Waals surface area contributed by atoms with Crippen LogP contribution in [0.1, 0.15) is 12.0 Å². The fourth-order valence-corrected chi connectivity index (χ4v) is 2.87. The van der Waals surface area contributed by atoms with Gasteiger partial charge in [-0.25, -0.2) is 4.98 Å². The van der Waals surface area contributed by atoms with Crippen LogP contribution in [0.25, 0.3) is 0 Å². The molecule has 1 aromatic carbocycles. The van der Waals surface area contributed by atoms with Crippen molar-refractivity contribution in [2.24, 2.45) is 0 Å². The number of alkyl halides is 3. The number of anilines is 2. The molecule has 26 heavy (non-hydrogen) atoms. The number of nitrogens with zero attached hydrogens (tertiary/aromatic N) is 2. The van der Waals surface area contributed by atoms with E-state index in [1.54, 1.807) is 24.4 Å². The van der Waals surface area contributed by atoms with E-state index in [0.29, 0.717) is 41.6 Å². The lowest BCUT2D eigenvalue weighted by molar-refractivity contribution is -0.137. The minimum atomic E-state index is -4.40. The van der Waals surface area contributed by atoms with Gasteiger partial charge in [0, 0.05) is 30.5 Å². The van der Waals surface area contributed by atoms with Gasteiger partial charge in [0.2, 0.25) is 0 Å². The predicted molar refractivity (Wildman–Crippen MR) is 94.2 cm³/mol. The minimum absolute atomic E-state index is 0.319. The maximum atomic E-state index is 12.6. The Morgan fingerprint density at radius 2 is 1.92 bits per heavy atom. The lowest BCUT2D eigenvalue weighted by Gasteiger charge is -2.27. The van der Waals surface area contributed by atoms with Crippen LogP contribution in [-0.4, -0.2) is 24.0 Å². The molecule has 8 heteroatoms. The largest absolute Gasteiger partial charge is 0.416 e. The lowest BCUT2D eigenvalue weighted by Crippen LogP contribution is -2.32. The summed E-state index contributed by atoms with van der Waals surface area (Å²) >= 11 is 6.12. The molecule has 0 unspecified atom stereocenters. The summed E-state index contributed by atoms with van der Waals surface area (Å²) in [6.07, 6.45) is -0.490. The summed E-state index contributed by atoms with van der Waals surface area (Å²) in [7, 11) is 0. The first kappa shape index (κ1) is 18.3. The molecule has 3 rings (SSSR count). The molecule has 1 N–H and O–H groups in total. The molecule has 1 aliphatic heterocycles. The second-order valence-corrected chi connectivity index (χ2v) is 6.17. The first-order valence-corrected chi connectivity index (χ1v) is 8.25. The third-order valence-corrected chi connectivity index (χ3v) is 4.30. The van der Waals surface area contributed by atoms with E-state index < -0.39 is 11.7 Å². The lowest BCUT2D eigenvalue weighted by atomic mass is 10.1. The number of aromatic nitrogens is 1. The molecule has 1 aromatic heterocycles. The highest BCUT2D eigenvalue weighted by Gasteiger charge is 2.30. The van der Waals surface area contributed by atoms with E-state index in [2.05, 4.69) is 10.3 Å². The second kappa shape index (κ2) is 7.37. The summed E-state index contributed by atoms with van der Waals surface area (Å²) in [4.78, 5) is 18.5. The topological polar surface area (TPSA) is 45.2 Å². The van der Waals surface area contributed by atoms with Gasteiger partial charge in [0.05, 0.1) is 10.6 Å². The average Bonchev–Trinajstić information content (AvgIpc) is 2.62. The van der Waals surface area contributed by atoms with Crippen LogP contribution in [0.3, 0.4) is 0 Å². The van der Waals surface area contributed by atoms with Crippen molar-refractivity contribution in [2.75, 3.05) is 23.3 Å². The molecule has 0 atom stereocenters. The molecular formula is C18H15ClF3N3O. The van der Waals surface area contributed by atoms with Crippen molar-refractivity contribution < 1.29 is 18.0 Å². The number of amides is 1. The van der Waals surface area contributed by atoms with E-state index in [0.717, 1.165) is 12.1 Å². The van der Waals surface area contributed by atoms with Gasteiger partial charge in [-0.1, -0.05) is 17.7 Å². The second-order valence-electron chi connectivity index (χ2n) is 5.76. The molecule has 1 amide bonds. The summed E-state index contributed by atoms with van der Waals surface area (Å²) in [5, 5.41) is 3.16. The Hall–Kier alpha value is -2.54. The molecule has 0 spiro atoms. The highest BCUT2D eigenvalue weighted by atomic mass is 35.5. The third-order valence-electron chi connectivity index (χ3n) is 4.01. The minimum Gasteiger partial charge on any atom is -0.351 e. The Balaban J connectivity index is 1.63. The smallest absolute Gasteiger partial charge is 0.351 e. The molecule has 0 saturated heterocycles. The van der Waals surface area contributed by atoms with Crippen LogP contribution in [0.5, 0.6) is 0 Å². The Morgan fingerprint density at radius 1 is 1.19 bits per heavy atom. The van der Waals surface area contributed by atoms with E-state index >= 15 is 0 Å². The zero-order valence-corrected chi connectivity index (χ0v) is 14.3. The number of carbonyl (C=O) groups is 1. The monoisotopic (exact) mass is 381 g/mol. The van der Waals surface area contributed by atoms with Gasteiger partial charge in [-0.3, -0.25) is 4.79 Å². The molecule has 0 radical (unpaired) electrons. The first-order chi connectivity index (χ1) is 12.3. The summed E-state index contributed by atoms with van der Waals surface area (Å²) in [5.74, 6) is 0.337. The summed E-state index contributed by atoms with van der Waals surface area (Å²) in [6, 6.07) is 7.86. The molecule has 2 heterocycles. The number of rotatable bonds is 3. The predicted octanol–water partition coefficient (Wildman–Crippen LogP) is 4.53. The van der Waals surface area contributed by atoms with Crippen LogP contribution in [-0.2, 0) is 11.0 Å². The van der Waals surface area contributed by atoms with Gasteiger partial charge in [-0.05, 0) is 42.8 Å². The van der Waals surface area contributed by atoms with E-state index in [9.17, 15) is 18.0 Å². The maximum Gasteiger partial charge on any atom is 0.416 e. The van der Waals surface area contributed by atoms with Crippen LogP contribution in [0.4, 0.5) is 24.7 Å². The van der Waals surface area contributed by atoms with Crippen LogP contribution >= 0.6 is 11.6 Å². The molecule has 2 aromatic rings. The van der Waals surface area contributed by atoms with Crippen molar-refractivity contribution in [3.05, 3.63) is 64.8 Å². The van der Waals surface area contributed by atoms with Gasteiger partial charge in [-0.15, -0.1) is 0 Å². The number of pyridine rings is 1. The molecule has 136 valence electrons. The fourth-order valence-electron chi connectivity index (χ4n) is 2.63. The van der Waals surface area contributed by atoms with Crippen LogP contribution in [0.2, 0.25) is 5.02 Å². The summed E-state index contributed by atoms with van der Waals surface area (Å²) in [5.41, 5.74) is 0.141. The van der Waals surface area contributed by atoms with Gasteiger partial charge >= 0.3 is 6.18 Å². The maximum absolute atomic E-state index is 12.6. The van der Waals surface area contributed by atoms with Gasteiger partial charge in [-0.2, -0.15) is 13.2 Å². The average molecular weight is 382 g/mol. The number of hydrogen-bond acceptors (Lipinski definition) is 3. The highest BCUT2D eigenvalue weighted by molar-refractivity contribution is 6.32. The van der Waals surface area contributed by atoms with Gasteiger partial charge < -0.3 is 10.2 Å². The first-order valence-electron chi connectivity index (χ1n) is 7.88. The summed E-state index contributed by atoms with van der Waals surface area (Å²) in [6.45, 7) is 1.05. The Labute approximate surface area is 153 Å². The number of carbonyl (C=O) groups excluding carboxylic acids is 1. The Kier molecular flexibility index (Phi) is 5.18. The normalized spacial score (nSPS) is 14.8. The van der Waals surface area contributed by atoms with Crippen LogP contribution < -0.4 is 10.2 Å². The third kappa shape index (κ3) is 4.16. The number of halogens is 4. The fraction of sp³-hybridized carbons (Fsp3) is 0.222. The van der Waals surface area contributed by atoms with Crippen molar-refractivity contribution in [1.82, 2.24) is 4.98 Å². The molecule has 4 nitrogen and oxygen atoms in total. The quantitative estimate of drug-likeness (QED) is 0.849. The van der Waals surface area contributed by atoms with Crippen LogP contribution in [0, 0.1) is 0 Å². The van der Waals surface area contributed by atoms with Gasteiger partial charge in [0.25, 0.3) is 5.91 Å². The van der Waals surface area contributed by atoms with Crippen LogP contribution in [0.15, 0.2) is 54.2 Å². The van der Waals surface area contributed by atoms with Crippen molar-refractivity contribution >= 4 is 29.0 Å². The molecule has 0 aliphatic carbocycles. The van der Waals surface area contributed by atoms with E-state index in [1.165, 1.54) is 12.1 Å². The molecule has 1 aliphatic rings. The van der Waals surface area contributed by atoms with Gasteiger partial charge in [0.1, 0.15) is 5.82 Å². The number of hydrogen-bond donors (Lipinski definition) is 1. The Morgan fingerprint density at radius 3 is 2.50 bits per heavy atom. The standard InChI is InChI=1S/C18H15ClF3N3O/c19-15-2-1-9-23-16(15)25-10-7-12(8-11-25)17(26)24-14-5-3-13(4-6-14)18(20,21)22/h1-7,9H,8,10-11H2,(H,24,26). The van der Waals surface area contributed by atoms with Crippen molar-refractivity contribution in [1.29, 1.82) is 0 Å². The van der Waals surface area contributed by atoms with E-state index in [4.69, 9.17) is 11.6 Å². The van der Waals surface area contributed by atoms with Gasteiger partial charge in [0.15, 0.2) is 0 Å². The van der Waals surface area contributed by atoms with E-state index in [-0.39, 0.29) is 5.91 Å². The number of benzene rings is 1. The molecule has 0 fully saturated rings. The van der Waals surface area contributed by atoms with Crippen molar-refractivity contribution in [3.8, 4) is 0 Å². The SMILES string of the molecule is O=C(Nc1ccc(C(F)(F)F)cc1)C1=CCN(c2ncccc2Cl)CC1. The zero-order valence-electron chi connectivity index (χ0n) is 13.6. The Bertz CT molecular complexity index is 834. The number of nitrogens with one attached hydrogen (secondary N) is 1. The van der Waals surface area contributed by atoms with E-state index in [1.807, 2.05) is 4.90 Å². The highest BCUT2D eigenvalue weighted by Crippen LogP contribution is 2.30.